The number of hydrogen-bond donors (Lipinski definition) is 2. The molecule has 0 radical (unpaired) electrons. The molecule has 1 aromatic carbocycles. The molecule has 0 aliphatic carbocycles. The average molecular weight is 354 g/mol. The van der Waals surface area contributed by atoms with Gasteiger partial charge in [-0.2, -0.15) is 10.5 Å². The minimum atomic E-state index is -0.601. The van der Waals surface area contributed by atoms with Gasteiger partial charge in [0.05, 0.1) is 16.2 Å². The maximum atomic E-state index is 11.0. The molecule has 4 N–H and O–H groups in total. The monoisotopic (exact) mass is 354 g/mol. The third kappa shape index (κ3) is 3.65. The van der Waals surface area contributed by atoms with Gasteiger partial charge in [0, 0.05) is 17.7 Å². The van der Waals surface area contributed by atoms with Crippen molar-refractivity contribution < 1.29 is 9.72 Å². The number of thioether (sulfide) groups is 1. The van der Waals surface area contributed by atoms with Crippen molar-refractivity contribution in [3.05, 3.63) is 45.5 Å². The SMILES string of the molecule is N#Cc1c(N)nc(SCC(N)=O)c(C#N)c1-c1ccc([N+](=O)[O-])cc1. The highest BCUT2D eigenvalue weighted by Crippen LogP contribution is 2.36. The zero-order chi connectivity index (χ0) is 18.6. The van der Waals surface area contributed by atoms with Gasteiger partial charge in [-0.15, -0.1) is 0 Å². The summed E-state index contributed by atoms with van der Waals surface area (Å²) in [6, 6.07) is 9.18. The van der Waals surface area contributed by atoms with E-state index in [0.29, 0.717) is 5.56 Å². The molecule has 0 atom stereocenters. The number of nitrogen functional groups attached to an aromatic ring is 1. The molecule has 1 aromatic heterocycles. The van der Waals surface area contributed by atoms with Gasteiger partial charge >= 0.3 is 0 Å². The van der Waals surface area contributed by atoms with Crippen LogP contribution in [0.4, 0.5) is 11.5 Å². The van der Waals surface area contributed by atoms with E-state index in [1.165, 1.54) is 24.3 Å². The maximum Gasteiger partial charge on any atom is 0.269 e. The number of nitrogens with two attached hydrogens (primary N) is 2. The molecule has 2 rings (SSSR count). The van der Waals surface area contributed by atoms with Crippen LogP contribution in [0.3, 0.4) is 0 Å². The molecular formula is C15H10N6O3S. The van der Waals surface area contributed by atoms with Gasteiger partial charge in [0.25, 0.3) is 5.69 Å². The molecule has 0 aliphatic heterocycles. The zero-order valence-corrected chi connectivity index (χ0v) is 13.4. The Balaban J connectivity index is 2.69. The van der Waals surface area contributed by atoms with Crippen molar-refractivity contribution in [1.82, 2.24) is 4.98 Å². The van der Waals surface area contributed by atoms with E-state index >= 15 is 0 Å². The fraction of sp³-hybridized carbons (Fsp3) is 0.0667. The molecule has 9 nitrogen and oxygen atoms in total. The van der Waals surface area contributed by atoms with E-state index in [1.54, 1.807) is 0 Å². The number of carbonyl (C=O) groups is 1. The molecule has 2 aromatic rings. The Morgan fingerprint density at radius 1 is 1.24 bits per heavy atom. The van der Waals surface area contributed by atoms with Gasteiger partial charge in [0.2, 0.25) is 5.91 Å². The predicted molar refractivity (Wildman–Crippen MR) is 90.1 cm³/mol. The number of nitrogens with zero attached hydrogens (tertiary/aromatic N) is 4. The Bertz CT molecular complexity index is 944. The number of hydrogen-bond acceptors (Lipinski definition) is 8. The molecule has 1 heterocycles. The van der Waals surface area contributed by atoms with Crippen LogP contribution in [0.15, 0.2) is 29.3 Å². The van der Waals surface area contributed by atoms with Gasteiger partial charge in [-0.25, -0.2) is 4.98 Å². The van der Waals surface area contributed by atoms with Crippen LogP contribution in [-0.4, -0.2) is 21.6 Å². The van der Waals surface area contributed by atoms with Crippen LogP contribution in [0.1, 0.15) is 11.1 Å². The Kier molecular flexibility index (Phi) is 5.17. The van der Waals surface area contributed by atoms with Crippen molar-refractivity contribution in [2.24, 2.45) is 5.73 Å². The summed E-state index contributed by atoms with van der Waals surface area (Å²) in [5, 5.41) is 29.8. The molecule has 1 amide bonds. The minimum absolute atomic E-state index is 0.0196. The molecule has 0 saturated heterocycles. The summed E-state index contributed by atoms with van der Waals surface area (Å²) in [5.74, 6) is -0.829. The topological polar surface area (TPSA) is 173 Å². The Labute approximate surface area is 146 Å². The lowest BCUT2D eigenvalue weighted by atomic mass is 9.97. The number of anilines is 1. The number of nitriles is 2. The van der Waals surface area contributed by atoms with E-state index in [9.17, 15) is 25.4 Å². The third-order valence-electron chi connectivity index (χ3n) is 3.13. The smallest absolute Gasteiger partial charge is 0.269 e. The number of benzene rings is 1. The van der Waals surface area contributed by atoms with E-state index in [2.05, 4.69) is 4.98 Å². The number of aromatic nitrogens is 1. The third-order valence-corrected chi connectivity index (χ3v) is 4.13. The molecule has 124 valence electrons. The highest BCUT2D eigenvalue weighted by Gasteiger charge is 2.21. The van der Waals surface area contributed by atoms with Crippen molar-refractivity contribution in [2.75, 3.05) is 11.5 Å². The van der Waals surface area contributed by atoms with Gasteiger partial charge in [0.1, 0.15) is 28.5 Å². The predicted octanol–water partition coefficient (Wildman–Crippen LogP) is 1.56. The number of pyridine rings is 1. The number of nitro benzene ring substituents is 1. The first-order valence-electron chi connectivity index (χ1n) is 6.68. The van der Waals surface area contributed by atoms with E-state index in [1.807, 2.05) is 12.1 Å². The number of nitro groups is 1. The number of primary amides is 1. The van der Waals surface area contributed by atoms with E-state index < -0.39 is 10.8 Å². The van der Waals surface area contributed by atoms with Crippen LogP contribution in [0.5, 0.6) is 0 Å². The summed E-state index contributed by atoms with van der Waals surface area (Å²) in [4.78, 5) is 25.2. The highest BCUT2D eigenvalue weighted by molar-refractivity contribution is 8.00. The normalized spacial score (nSPS) is 9.84. The lowest BCUT2D eigenvalue weighted by Gasteiger charge is -2.12. The lowest BCUT2D eigenvalue weighted by Crippen LogP contribution is -2.14. The first-order valence-corrected chi connectivity index (χ1v) is 7.67. The molecule has 0 spiro atoms. The molecule has 10 heteroatoms. The lowest BCUT2D eigenvalue weighted by molar-refractivity contribution is -0.384. The largest absolute Gasteiger partial charge is 0.383 e. The van der Waals surface area contributed by atoms with Crippen molar-refractivity contribution in [3.63, 3.8) is 0 Å². The molecule has 0 bridgehead atoms. The van der Waals surface area contributed by atoms with Crippen molar-refractivity contribution in [3.8, 4) is 23.3 Å². The summed E-state index contributed by atoms with van der Waals surface area (Å²) in [5.41, 5.74) is 11.4. The standard InChI is InChI=1S/C15H10N6O3S/c16-5-10-13(8-1-3-9(4-2-8)21(23)24)11(6-17)15(20-14(10)19)25-7-12(18)22/h1-4H,7H2,(H2,18,22)(H2,19,20). The summed E-state index contributed by atoms with van der Waals surface area (Å²) in [7, 11) is 0. The van der Waals surface area contributed by atoms with Crippen molar-refractivity contribution in [1.29, 1.82) is 10.5 Å². The van der Waals surface area contributed by atoms with Gasteiger partial charge in [-0.1, -0.05) is 11.8 Å². The van der Waals surface area contributed by atoms with Crippen molar-refractivity contribution in [2.45, 2.75) is 5.03 Å². The van der Waals surface area contributed by atoms with Gasteiger partial charge in [-0.3, -0.25) is 14.9 Å². The number of amides is 1. The second kappa shape index (κ2) is 7.29. The second-order valence-corrected chi connectivity index (χ2v) is 5.67. The van der Waals surface area contributed by atoms with Crippen LogP contribution in [0, 0.1) is 32.8 Å². The minimum Gasteiger partial charge on any atom is -0.383 e. The second-order valence-electron chi connectivity index (χ2n) is 4.71. The molecule has 0 aliphatic rings. The Morgan fingerprint density at radius 3 is 2.32 bits per heavy atom. The maximum absolute atomic E-state index is 11.0. The van der Waals surface area contributed by atoms with E-state index in [0.717, 1.165) is 11.8 Å². The quantitative estimate of drug-likeness (QED) is 0.462. The van der Waals surface area contributed by atoms with Gasteiger partial charge in [-0.05, 0) is 17.7 Å². The number of non-ortho nitro benzene ring substituents is 1. The summed E-state index contributed by atoms with van der Waals surface area (Å²) in [6.07, 6.45) is 0. The fourth-order valence-corrected chi connectivity index (χ4v) is 2.81. The fourth-order valence-electron chi connectivity index (χ4n) is 2.08. The molecule has 0 saturated carbocycles. The average Bonchev–Trinajstić information content (AvgIpc) is 2.59. The number of carbonyl (C=O) groups excluding carboxylic acids is 1. The van der Waals surface area contributed by atoms with Crippen molar-refractivity contribution >= 4 is 29.2 Å². The first-order chi connectivity index (χ1) is 11.9. The summed E-state index contributed by atoms with van der Waals surface area (Å²) < 4.78 is 0. The van der Waals surface area contributed by atoms with Gasteiger partial charge in [0.15, 0.2) is 0 Å². The first kappa shape index (κ1) is 17.7. The molecule has 0 fully saturated rings. The zero-order valence-electron chi connectivity index (χ0n) is 12.6. The Hall–Kier alpha value is -3.63. The molecular weight excluding hydrogens is 344 g/mol. The van der Waals surface area contributed by atoms with Crippen LogP contribution in [0.2, 0.25) is 0 Å². The summed E-state index contributed by atoms with van der Waals surface area (Å²) >= 11 is 0.924. The summed E-state index contributed by atoms with van der Waals surface area (Å²) in [6.45, 7) is 0. The highest BCUT2D eigenvalue weighted by atomic mass is 32.2. The van der Waals surface area contributed by atoms with E-state index in [4.69, 9.17) is 11.5 Å². The van der Waals surface area contributed by atoms with E-state index in [-0.39, 0.29) is 39.0 Å². The van der Waals surface area contributed by atoms with Gasteiger partial charge < -0.3 is 11.5 Å². The van der Waals surface area contributed by atoms with Crippen LogP contribution in [-0.2, 0) is 4.79 Å². The molecule has 0 unspecified atom stereocenters. The Morgan fingerprint density at radius 2 is 1.84 bits per heavy atom. The number of rotatable bonds is 5. The van der Waals surface area contributed by atoms with Crippen LogP contribution in [0.25, 0.3) is 11.1 Å². The molecule has 25 heavy (non-hydrogen) atoms. The van der Waals surface area contributed by atoms with Crippen LogP contribution < -0.4 is 11.5 Å². The van der Waals surface area contributed by atoms with Crippen LogP contribution >= 0.6 is 11.8 Å².